The summed E-state index contributed by atoms with van der Waals surface area (Å²) in [5, 5.41) is 0. The van der Waals surface area contributed by atoms with E-state index in [9.17, 15) is 0 Å². The van der Waals surface area contributed by atoms with Crippen molar-refractivity contribution in [2.24, 2.45) is 5.92 Å². The zero-order chi connectivity index (χ0) is 11.4. The molecule has 0 aromatic heterocycles. The minimum absolute atomic E-state index is 0.607. The van der Waals surface area contributed by atoms with Crippen molar-refractivity contribution in [2.45, 2.75) is 32.7 Å². The molecule has 2 aliphatic rings. The Kier molecular flexibility index (Phi) is 4.62. The van der Waals surface area contributed by atoms with Crippen molar-refractivity contribution in [3.8, 4) is 0 Å². The third kappa shape index (κ3) is 3.44. The second-order valence-electron chi connectivity index (χ2n) is 5.51. The lowest BCUT2D eigenvalue weighted by molar-refractivity contribution is -0.00548. The Morgan fingerprint density at radius 2 is 2.06 bits per heavy atom. The van der Waals surface area contributed by atoms with Gasteiger partial charge in [-0.15, -0.1) is 0 Å². The average Bonchev–Trinajstić information content (AvgIpc) is 2.28. The molecule has 0 aliphatic carbocycles. The van der Waals surface area contributed by atoms with Crippen LogP contribution in [0, 0.1) is 5.92 Å². The van der Waals surface area contributed by atoms with E-state index >= 15 is 0 Å². The number of piperidine rings is 1. The van der Waals surface area contributed by atoms with Crippen LogP contribution in [0.25, 0.3) is 0 Å². The molecule has 0 spiro atoms. The molecular formula is C13H26N2O. The van der Waals surface area contributed by atoms with Gasteiger partial charge in [0, 0.05) is 32.2 Å². The van der Waals surface area contributed by atoms with E-state index in [-0.39, 0.29) is 0 Å². The fourth-order valence-corrected chi connectivity index (χ4v) is 2.85. The second kappa shape index (κ2) is 5.99. The van der Waals surface area contributed by atoms with E-state index in [0.29, 0.717) is 6.04 Å². The minimum atomic E-state index is 0.607. The van der Waals surface area contributed by atoms with Gasteiger partial charge in [-0.05, 0) is 32.2 Å². The lowest BCUT2D eigenvalue weighted by Crippen LogP contribution is -2.48. The first kappa shape index (κ1) is 12.3. The van der Waals surface area contributed by atoms with Crippen LogP contribution in [0.3, 0.4) is 0 Å². The van der Waals surface area contributed by atoms with Crippen molar-refractivity contribution in [1.82, 2.24) is 9.80 Å². The monoisotopic (exact) mass is 226 g/mol. The highest BCUT2D eigenvalue weighted by molar-refractivity contribution is 4.75. The van der Waals surface area contributed by atoms with Gasteiger partial charge in [0.25, 0.3) is 0 Å². The normalized spacial score (nSPS) is 34.1. The molecule has 0 radical (unpaired) electrons. The average molecular weight is 226 g/mol. The van der Waals surface area contributed by atoms with Crippen LogP contribution in [-0.4, -0.2) is 61.8 Å². The molecule has 94 valence electrons. The molecule has 1 unspecified atom stereocenters. The van der Waals surface area contributed by atoms with Gasteiger partial charge in [-0.2, -0.15) is 0 Å². The van der Waals surface area contributed by atoms with Crippen LogP contribution in [0.5, 0.6) is 0 Å². The lowest BCUT2D eigenvalue weighted by atomic mass is 10.0. The Balaban J connectivity index is 1.69. The fraction of sp³-hybridized carbons (Fsp3) is 1.00. The number of likely N-dealkylation sites (tertiary alicyclic amines) is 1. The van der Waals surface area contributed by atoms with E-state index in [4.69, 9.17) is 4.74 Å². The predicted molar refractivity (Wildman–Crippen MR) is 66.7 cm³/mol. The molecule has 2 atom stereocenters. The van der Waals surface area contributed by atoms with Crippen LogP contribution < -0.4 is 0 Å². The van der Waals surface area contributed by atoms with Crippen LogP contribution in [-0.2, 0) is 4.74 Å². The number of nitrogens with zero attached hydrogens (tertiary/aromatic N) is 2. The smallest absolute Gasteiger partial charge is 0.0619 e. The summed E-state index contributed by atoms with van der Waals surface area (Å²) >= 11 is 0. The maximum atomic E-state index is 5.47. The van der Waals surface area contributed by atoms with Crippen LogP contribution in [0.2, 0.25) is 0 Å². The molecule has 2 fully saturated rings. The number of hydrogen-bond acceptors (Lipinski definition) is 3. The quantitative estimate of drug-likeness (QED) is 0.724. The van der Waals surface area contributed by atoms with Gasteiger partial charge in [-0.3, -0.25) is 4.90 Å². The minimum Gasteiger partial charge on any atom is -0.379 e. The topological polar surface area (TPSA) is 15.7 Å². The Morgan fingerprint density at radius 3 is 2.81 bits per heavy atom. The van der Waals surface area contributed by atoms with Gasteiger partial charge in [0.15, 0.2) is 0 Å². The fourth-order valence-electron chi connectivity index (χ4n) is 2.85. The summed E-state index contributed by atoms with van der Waals surface area (Å²) in [4.78, 5) is 5.21. The Morgan fingerprint density at radius 1 is 1.19 bits per heavy atom. The first-order chi connectivity index (χ1) is 7.75. The van der Waals surface area contributed by atoms with Crippen LogP contribution in [0.15, 0.2) is 0 Å². The highest BCUT2D eigenvalue weighted by Crippen LogP contribution is 2.15. The number of rotatable bonds is 3. The van der Waals surface area contributed by atoms with Gasteiger partial charge in [-0.25, -0.2) is 0 Å². The summed E-state index contributed by atoms with van der Waals surface area (Å²) < 4.78 is 5.47. The lowest BCUT2D eigenvalue weighted by Gasteiger charge is -2.36. The molecular weight excluding hydrogens is 200 g/mol. The van der Waals surface area contributed by atoms with E-state index in [1.165, 1.54) is 39.0 Å². The molecule has 0 amide bonds. The van der Waals surface area contributed by atoms with Crippen molar-refractivity contribution in [1.29, 1.82) is 0 Å². The maximum absolute atomic E-state index is 5.47. The summed E-state index contributed by atoms with van der Waals surface area (Å²) in [6.45, 7) is 12.7. The molecule has 2 aliphatic heterocycles. The van der Waals surface area contributed by atoms with Gasteiger partial charge in [0.2, 0.25) is 0 Å². The number of morpholine rings is 1. The molecule has 2 saturated heterocycles. The SMILES string of the molecule is CC1COCCN1CCN1CCC[C@H](C)C1. The Labute approximate surface area is 99.7 Å². The molecule has 0 bridgehead atoms. The zero-order valence-electron chi connectivity index (χ0n) is 10.8. The van der Waals surface area contributed by atoms with E-state index in [1.807, 2.05) is 0 Å². The molecule has 2 heterocycles. The summed E-state index contributed by atoms with van der Waals surface area (Å²) in [6, 6.07) is 0.607. The van der Waals surface area contributed by atoms with Crippen molar-refractivity contribution in [3.63, 3.8) is 0 Å². The van der Waals surface area contributed by atoms with Crippen LogP contribution >= 0.6 is 0 Å². The highest BCUT2D eigenvalue weighted by Gasteiger charge is 2.21. The molecule has 0 aromatic carbocycles. The van der Waals surface area contributed by atoms with Crippen LogP contribution in [0.4, 0.5) is 0 Å². The third-order valence-corrected chi connectivity index (χ3v) is 3.95. The Hall–Kier alpha value is -0.120. The van der Waals surface area contributed by atoms with E-state index in [2.05, 4.69) is 23.6 Å². The maximum Gasteiger partial charge on any atom is 0.0619 e. The van der Waals surface area contributed by atoms with Crippen molar-refractivity contribution < 1.29 is 4.74 Å². The van der Waals surface area contributed by atoms with Gasteiger partial charge in [0.1, 0.15) is 0 Å². The summed E-state index contributed by atoms with van der Waals surface area (Å²) in [6.07, 6.45) is 2.81. The molecule has 0 N–H and O–H groups in total. The molecule has 2 rings (SSSR count). The zero-order valence-corrected chi connectivity index (χ0v) is 10.8. The largest absolute Gasteiger partial charge is 0.379 e. The van der Waals surface area contributed by atoms with Crippen LogP contribution in [0.1, 0.15) is 26.7 Å². The van der Waals surface area contributed by atoms with Gasteiger partial charge in [0.05, 0.1) is 13.2 Å². The summed E-state index contributed by atoms with van der Waals surface area (Å²) in [5.74, 6) is 0.899. The van der Waals surface area contributed by atoms with E-state index in [1.54, 1.807) is 0 Å². The van der Waals surface area contributed by atoms with Crippen molar-refractivity contribution in [2.75, 3.05) is 45.9 Å². The molecule has 3 heteroatoms. The van der Waals surface area contributed by atoms with Gasteiger partial charge >= 0.3 is 0 Å². The predicted octanol–water partition coefficient (Wildman–Crippen LogP) is 1.44. The number of hydrogen-bond donors (Lipinski definition) is 0. The Bertz CT molecular complexity index is 210. The standard InChI is InChI=1S/C13H26N2O/c1-12-4-3-5-14(10-12)6-7-15-8-9-16-11-13(15)2/h12-13H,3-11H2,1-2H3/t12-,13?/m0/s1. The molecule has 0 aromatic rings. The third-order valence-electron chi connectivity index (χ3n) is 3.95. The molecule has 3 nitrogen and oxygen atoms in total. The summed E-state index contributed by atoms with van der Waals surface area (Å²) in [7, 11) is 0. The second-order valence-corrected chi connectivity index (χ2v) is 5.51. The first-order valence-electron chi connectivity index (χ1n) is 6.80. The molecule has 0 saturated carbocycles. The highest BCUT2D eigenvalue weighted by atomic mass is 16.5. The van der Waals surface area contributed by atoms with Gasteiger partial charge in [-0.1, -0.05) is 6.92 Å². The molecule has 16 heavy (non-hydrogen) atoms. The van der Waals surface area contributed by atoms with Crippen molar-refractivity contribution in [3.05, 3.63) is 0 Å². The van der Waals surface area contributed by atoms with E-state index in [0.717, 1.165) is 25.7 Å². The van der Waals surface area contributed by atoms with Gasteiger partial charge < -0.3 is 9.64 Å². The van der Waals surface area contributed by atoms with Crippen molar-refractivity contribution >= 4 is 0 Å². The number of ether oxygens (including phenoxy) is 1. The van der Waals surface area contributed by atoms with E-state index < -0.39 is 0 Å². The summed E-state index contributed by atoms with van der Waals surface area (Å²) in [5.41, 5.74) is 0. The first-order valence-corrected chi connectivity index (χ1v) is 6.80.